The molecular weight excluding hydrogens is 432 g/mol. The fraction of sp³-hybridized carbons (Fsp3) is 0.533. The first-order valence-electron chi connectivity index (χ1n) is 13.4. The average molecular weight is 475 g/mol. The van der Waals surface area contributed by atoms with Crippen molar-refractivity contribution in [3.63, 3.8) is 0 Å². The van der Waals surface area contributed by atoms with E-state index in [2.05, 4.69) is 80.0 Å². The Morgan fingerprint density at radius 2 is 1.60 bits per heavy atom. The molecule has 0 aliphatic carbocycles. The summed E-state index contributed by atoms with van der Waals surface area (Å²) in [6, 6.07) is 21.8. The smallest absolute Gasteiger partial charge is 0.320 e. The molecule has 2 aliphatic heterocycles. The average Bonchev–Trinajstić information content (AvgIpc) is 2.87. The van der Waals surface area contributed by atoms with Crippen LogP contribution >= 0.6 is 0 Å². The van der Waals surface area contributed by atoms with E-state index in [-0.39, 0.29) is 12.1 Å². The molecule has 35 heavy (non-hydrogen) atoms. The van der Waals surface area contributed by atoms with Crippen LogP contribution in [0, 0.1) is 5.41 Å². The maximum Gasteiger partial charge on any atom is 0.325 e. The van der Waals surface area contributed by atoms with Crippen LogP contribution in [0.5, 0.6) is 0 Å². The molecule has 2 aliphatic rings. The quantitative estimate of drug-likeness (QED) is 0.489. The van der Waals surface area contributed by atoms with Crippen LogP contribution in [0.3, 0.4) is 0 Å². The van der Waals surface area contributed by atoms with Crippen molar-refractivity contribution in [3.8, 4) is 0 Å². The molecule has 5 nitrogen and oxygen atoms in total. The summed E-state index contributed by atoms with van der Waals surface area (Å²) in [5, 5.41) is 9.63. The SMILES string of the molecule is CC(C)N(CCC1(c2ccccc2)C(=N)N(CCc2ccccc2)C(=O)N2CCCCC21)C(C)C. The van der Waals surface area contributed by atoms with Gasteiger partial charge in [0.25, 0.3) is 0 Å². The largest absolute Gasteiger partial charge is 0.325 e. The highest BCUT2D eigenvalue weighted by Gasteiger charge is 2.55. The summed E-state index contributed by atoms with van der Waals surface area (Å²) in [5.74, 6) is 0.486. The number of carbonyl (C=O) groups excluding carboxylic acids is 1. The monoisotopic (exact) mass is 474 g/mol. The second-order valence-corrected chi connectivity index (χ2v) is 10.7. The number of piperidine rings is 1. The van der Waals surface area contributed by atoms with Crippen LogP contribution in [0.1, 0.15) is 64.5 Å². The molecule has 2 aromatic carbocycles. The van der Waals surface area contributed by atoms with E-state index < -0.39 is 5.41 Å². The number of amides is 2. The fourth-order valence-corrected chi connectivity index (χ4v) is 6.33. The number of nitrogens with one attached hydrogen (secondary N) is 1. The summed E-state index contributed by atoms with van der Waals surface area (Å²) >= 11 is 0. The molecule has 0 aromatic heterocycles. The van der Waals surface area contributed by atoms with Crippen LogP contribution in [0.25, 0.3) is 0 Å². The molecule has 2 aromatic rings. The molecule has 5 heteroatoms. The second-order valence-electron chi connectivity index (χ2n) is 10.7. The van der Waals surface area contributed by atoms with Gasteiger partial charge in [0.05, 0.1) is 11.5 Å². The summed E-state index contributed by atoms with van der Waals surface area (Å²) < 4.78 is 0. The van der Waals surface area contributed by atoms with Crippen molar-refractivity contribution in [3.05, 3.63) is 71.8 Å². The van der Waals surface area contributed by atoms with E-state index in [0.717, 1.165) is 45.2 Å². The molecule has 0 radical (unpaired) electrons. The molecule has 2 saturated heterocycles. The van der Waals surface area contributed by atoms with Gasteiger partial charge in [-0.2, -0.15) is 0 Å². The number of rotatable bonds is 9. The van der Waals surface area contributed by atoms with Crippen LogP contribution in [0.4, 0.5) is 4.79 Å². The Labute approximate surface area is 211 Å². The lowest BCUT2D eigenvalue weighted by Crippen LogP contribution is -2.70. The topological polar surface area (TPSA) is 50.6 Å². The third-order valence-electron chi connectivity index (χ3n) is 8.09. The molecule has 1 N–H and O–H groups in total. The number of urea groups is 1. The summed E-state index contributed by atoms with van der Waals surface area (Å²) in [6.07, 6.45) is 4.69. The summed E-state index contributed by atoms with van der Waals surface area (Å²) in [4.78, 5) is 20.2. The lowest BCUT2D eigenvalue weighted by atomic mass is 9.65. The van der Waals surface area contributed by atoms with Crippen molar-refractivity contribution in [1.29, 1.82) is 5.41 Å². The van der Waals surface area contributed by atoms with Crippen molar-refractivity contribution in [2.45, 2.75) is 83.3 Å². The van der Waals surface area contributed by atoms with Crippen molar-refractivity contribution < 1.29 is 4.79 Å². The van der Waals surface area contributed by atoms with Crippen LogP contribution in [-0.4, -0.2) is 64.3 Å². The predicted octanol–water partition coefficient (Wildman–Crippen LogP) is 5.94. The van der Waals surface area contributed by atoms with Gasteiger partial charge in [-0.3, -0.25) is 15.2 Å². The molecule has 0 saturated carbocycles. The molecule has 2 unspecified atom stereocenters. The number of amidine groups is 1. The van der Waals surface area contributed by atoms with Gasteiger partial charge in [0.1, 0.15) is 5.84 Å². The first-order chi connectivity index (χ1) is 16.9. The first-order valence-corrected chi connectivity index (χ1v) is 13.4. The van der Waals surface area contributed by atoms with Crippen molar-refractivity contribution in [2.75, 3.05) is 19.6 Å². The molecular formula is C30H42N4O. The van der Waals surface area contributed by atoms with Crippen LogP contribution in [0.15, 0.2) is 60.7 Å². The number of hydrogen-bond donors (Lipinski definition) is 1. The van der Waals surface area contributed by atoms with E-state index in [9.17, 15) is 10.2 Å². The maximum atomic E-state index is 13.8. The third kappa shape index (κ3) is 5.02. The fourth-order valence-electron chi connectivity index (χ4n) is 6.33. The summed E-state index contributed by atoms with van der Waals surface area (Å²) in [6.45, 7) is 11.2. The Morgan fingerprint density at radius 3 is 2.23 bits per heavy atom. The van der Waals surface area contributed by atoms with E-state index in [4.69, 9.17) is 0 Å². The molecule has 188 valence electrons. The van der Waals surface area contributed by atoms with Gasteiger partial charge in [-0.15, -0.1) is 0 Å². The molecule has 2 atom stereocenters. The zero-order valence-corrected chi connectivity index (χ0v) is 21.9. The Kier molecular flexibility index (Phi) is 7.95. The molecule has 4 rings (SSSR count). The Hall–Kier alpha value is -2.66. The van der Waals surface area contributed by atoms with E-state index in [1.807, 2.05) is 18.2 Å². The number of fused-ring (bicyclic) bond motifs is 1. The summed E-state index contributed by atoms with van der Waals surface area (Å²) in [7, 11) is 0. The highest BCUT2D eigenvalue weighted by molar-refractivity contribution is 6.05. The number of carbonyl (C=O) groups is 1. The van der Waals surface area contributed by atoms with Gasteiger partial charge < -0.3 is 4.90 Å². The predicted molar refractivity (Wildman–Crippen MR) is 144 cm³/mol. The van der Waals surface area contributed by atoms with Gasteiger partial charge in [0.15, 0.2) is 0 Å². The Morgan fingerprint density at radius 1 is 0.971 bits per heavy atom. The van der Waals surface area contributed by atoms with Crippen LogP contribution < -0.4 is 0 Å². The zero-order chi connectivity index (χ0) is 25.0. The van der Waals surface area contributed by atoms with Gasteiger partial charge in [0, 0.05) is 31.7 Å². The van der Waals surface area contributed by atoms with E-state index in [1.165, 1.54) is 11.1 Å². The molecule has 2 heterocycles. The zero-order valence-electron chi connectivity index (χ0n) is 21.9. The first kappa shape index (κ1) is 25.4. The number of nitrogens with zero attached hydrogens (tertiary/aromatic N) is 3. The van der Waals surface area contributed by atoms with Crippen molar-refractivity contribution in [2.24, 2.45) is 0 Å². The lowest BCUT2D eigenvalue weighted by Gasteiger charge is -2.56. The maximum absolute atomic E-state index is 13.8. The van der Waals surface area contributed by atoms with Crippen molar-refractivity contribution >= 4 is 11.9 Å². The third-order valence-corrected chi connectivity index (χ3v) is 8.09. The van der Waals surface area contributed by atoms with E-state index in [0.29, 0.717) is 24.5 Å². The highest BCUT2D eigenvalue weighted by atomic mass is 16.2. The summed E-state index contributed by atoms with van der Waals surface area (Å²) in [5.41, 5.74) is 1.87. The van der Waals surface area contributed by atoms with Gasteiger partial charge in [-0.05, 0) is 70.9 Å². The Balaban J connectivity index is 1.75. The van der Waals surface area contributed by atoms with Crippen molar-refractivity contribution in [1.82, 2.24) is 14.7 Å². The Bertz CT molecular complexity index is 982. The van der Waals surface area contributed by atoms with E-state index in [1.54, 1.807) is 4.90 Å². The standard InChI is InChI=1S/C30H42N4O/c1-23(2)32(24(3)4)22-19-30(26-15-9-6-10-16-26)27-17-11-12-20-33(27)29(35)34(28(30)31)21-18-25-13-7-5-8-14-25/h5-10,13-16,23-24,27,31H,11-12,17-22H2,1-4H3. The van der Waals surface area contributed by atoms with Crippen LogP contribution in [0.2, 0.25) is 0 Å². The van der Waals surface area contributed by atoms with Crippen LogP contribution in [-0.2, 0) is 11.8 Å². The highest BCUT2D eigenvalue weighted by Crippen LogP contribution is 2.44. The van der Waals surface area contributed by atoms with Gasteiger partial charge in [-0.1, -0.05) is 60.7 Å². The normalized spacial score (nSPS) is 22.9. The lowest BCUT2D eigenvalue weighted by molar-refractivity contribution is 0.0690. The molecule has 2 amide bonds. The van der Waals surface area contributed by atoms with Gasteiger partial charge in [0.2, 0.25) is 0 Å². The molecule has 0 spiro atoms. The second kappa shape index (κ2) is 10.9. The molecule has 0 bridgehead atoms. The number of benzene rings is 2. The van der Waals surface area contributed by atoms with Gasteiger partial charge in [-0.25, -0.2) is 4.79 Å². The number of hydrogen-bond acceptors (Lipinski definition) is 3. The minimum absolute atomic E-state index is 0.0202. The minimum Gasteiger partial charge on any atom is -0.320 e. The van der Waals surface area contributed by atoms with E-state index >= 15 is 0 Å². The van der Waals surface area contributed by atoms with Gasteiger partial charge >= 0.3 is 6.03 Å². The molecule has 2 fully saturated rings. The minimum atomic E-state index is -0.506.